The molecule has 0 aliphatic carbocycles. The summed E-state index contributed by atoms with van der Waals surface area (Å²) in [6.45, 7) is 0. The lowest BCUT2D eigenvalue weighted by atomic mass is 10.1. The number of aryl methyl sites for hydroxylation is 2. The minimum Gasteiger partial charge on any atom is -0.334 e. The van der Waals surface area contributed by atoms with Crippen LogP contribution in [-0.2, 0) is 12.8 Å². The van der Waals surface area contributed by atoms with Gasteiger partial charge in [-0.25, -0.2) is 4.98 Å². The highest BCUT2D eigenvalue weighted by Gasteiger charge is 2.09. The largest absolute Gasteiger partial charge is 0.334 e. The molecular formula is C16H12N4O. The van der Waals surface area contributed by atoms with Gasteiger partial charge in [0, 0.05) is 18.2 Å². The molecule has 3 rings (SSSR count). The third-order valence-corrected chi connectivity index (χ3v) is 3.07. The first-order valence-corrected chi connectivity index (χ1v) is 6.58. The number of hydrogen-bond donors (Lipinski definition) is 0. The normalized spacial score (nSPS) is 10.2. The molecule has 0 unspecified atom stereocenters. The molecule has 2 aromatic heterocycles. The van der Waals surface area contributed by atoms with E-state index < -0.39 is 0 Å². The number of aromatic nitrogens is 3. The van der Waals surface area contributed by atoms with Crippen molar-refractivity contribution in [3.05, 3.63) is 65.7 Å². The van der Waals surface area contributed by atoms with Crippen LogP contribution < -0.4 is 0 Å². The molecule has 3 aromatic rings. The Morgan fingerprint density at radius 2 is 1.95 bits per heavy atom. The van der Waals surface area contributed by atoms with Crippen LogP contribution in [0.5, 0.6) is 0 Å². The maximum Gasteiger partial charge on any atom is 0.258 e. The van der Waals surface area contributed by atoms with Gasteiger partial charge in [0.1, 0.15) is 11.8 Å². The van der Waals surface area contributed by atoms with Crippen molar-refractivity contribution in [3.8, 4) is 17.5 Å². The van der Waals surface area contributed by atoms with E-state index in [0.717, 1.165) is 6.42 Å². The zero-order valence-corrected chi connectivity index (χ0v) is 11.2. The Hall–Kier alpha value is -3.00. The first-order chi connectivity index (χ1) is 10.3. The fourth-order valence-corrected chi connectivity index (χ4v) is 2.00. The van der Waals surface area contributed by atoms with Crippen LogP contribution in [0.1, 0.15) is 17.1 Å². The number of pyridine rings is 1. The standard InChI is InChI=1S/C16H12N4O/c17-11-14-10-13(8-9-18-14)16-19-15(20-21-16)7-6-12-4-2-1-3-5-12/h1-5,8-10H,6-7H2. The maximum absolute atomic E-state index is 8.85. The number of benzene rings is 1. The molecule has 5 nitrogen and oxygen atoms in total. The molecule has 2 heterocycles. The number of rotatable bonds is 4. The Morgan fingerprint density at radius 1 is 1.10 bits per heavy atom. The van der Waals surface area contributed by atoms with Gasteiger partial charge < -0.3 is 4.52 Å². The van der Waals surface area contributed by atoms with Gasteiger partial charge in [0.15, 0.2) is 5.82 Å². The van der Waals surface area contributed by atoms with Gasteiger partial charge in [-0.2, -0.15) is 10.2 Å². The molecule has 0 aliphatic rings. The van der Waals surface area contributed by atoms with E-state index in [9.17, 15) is 0 Å². The Labute approximate surface area is 121 Å². The maximum atomic E-state index is 8.85. The zero-order valence-electron chi connectivity index (χ0n) is 11.2. The number of nitrogens with zero attached hydrogens (tertiary/aromatic N) is 4. The molecule has 102 valence electrons. The van der Waals surface area contributed by atoms with Crippen LogP contribution >= 0.6 is 0 Å². The monoisotopic (exact) mass is 276 g/mol. The molecule has 21 heavy (non-hydrogen) atoms. The molecule has 0 bridgehead atoms. The Balaban J connectivity index is 1.73. The molecule has 0 aliphatic heterocycles. The summed E-state index contributed by atoms with van der Waals surface area (Å²) < 4.78 is 5.24. The highest BCUT2D eigenvalue weighted by Crippen LogP contribution is 2.17. The van der Waals surface area contributed by atoms with Crippen LogP contribution in [0.15, 0.2) is 53.2 Å². The van der Waals surface area contributed by atoms with Gasteiger partial charge in [-0.1, -0.05) is 35.5 Å². The van der Waals surface area contributed by atoms with Crippen molar-refractivity contribution in [3.63, 3.8) is 0 Å². The van der Waals surface area contributed by atoms with Gasteiger partial charge in [0.25, 0.3) is 5.89 Å². The molecule has 5 heteroatoms. The number of nitriles is 1. The summed E-state index contributed by atoms with van der Waals surface area (Å²) >= 11 is 0. The van der Waals surface area contributed by atoms with E-state index in [0.29, 0.717) is 29.4 Å². The van der Waals surface area contributed by atoms with Crippen molar-refractivity contribution >= 4 is 0 Å². The minimum atomic E-state index is 0.330. The van der Waals surface area contributed by atoms with E-state index in [2.05, 4.69) is 27.3 Å². The Kier molecular flexibility index (Phi) is 3.70. The van der Waals surface area contributed by atoms with E-state index in [4.69, 9.17) is 9.78 Å². The lowest BCUT2D eigenvalue weighted by molar-refractivity contribution is 0.422. The third-order valence-electron chi connectivity index (χ3n) is 3.07. The van der Waals surface area contributed by atoms with Crippen LogP contribution in [0.2, 0.25) is 0 Å². The second-order valence-corrected chi connectivity index (χ2v) is 4.54. The van der Waals surface area contributed by atoms with Crippen molar-refractivity contribution in [1.29, 1.82) is 5.26 Å². The predicted molar refractivity (Wildman–Crippen MR) is 76.1 cm³/mol. The second kappa shape index (κ2) is 5.97. The summed E-state index contributed by atoms with van der Waals surface area (Å²) in [5.41, 5.74) is 2.27. The van der Waals surface area contributed by atoms with Gasteiger partial charge >= 0.3 is 0 Å². The summed E-state index contributed by atoms with van der Waals surface area (Å²) in [6.07, 6.45) is 3.13. The summed E-state index contributed by atoms with van der Waals surface area (Å²) in [6, 6.07) is 15.5. The van der Waals surface area contributed by atoms with E-state index in [1.54, 1.807) is 18.3 Å². The van der Waals surface area contributed by atoms with Gasteiger partial charge in [-0.3, -0.25) is 0 Å². The average Bonchev–Trinajstić information content (AvgIpc) is 3.03. The molecule has 0 atom stereocenters. The molecule has 0 amide bonds. The lowest BCUT2D eigenvalue weighted by Crippen LogP contribution is -1.93. The molecular weight excluding hydrogens is 264 g/mol. The van der Waals surface area contributed by atoms with Gasteiger partial charge in [0.2, 0.25) is 0 Å². The lowest BCUT2D eigenvalue weighted by Gasteiger charge is -1.96. The predicted octanol–water partition coefficient (Wildman–Crippen LogP) is 2.79. The molecule has 0 saturated heterocycles. The van der Waals surface area contributed by atoms with Gasteiger partial charge in [-0.05, 0) is 24.1 Å². The van der Waals surface area contributed by atoms with Crippen LogP contribution in [0.3, 0.4) is 0 Å². The van der Waals surface area contributed by atoms with E-state index >= 15 is 0 Å². The molecule has 0 N–H and O–H groups in total. The summed E-state index contributed by atoms with van der Waals surface area (Å²) in [4.78, 5) is 8.27. The highest BCUT2D eigenvalue weighted by molar-refractivity contribution is 5.53. The summed E-state index contributed by atoms with van der Waals surface area (Å²) in [5.74, 6) is 1.07. The fourth-order valence-electron chi connectivity index (χ4n) is 2.00. The van der Waals surface area contributed by atoms with E-state index in [1.807, 2.05) is 24.3 Å². The Bertz CT molecular complexity index is 774. The first kappa shape index (κ1) is 13.0. The van der Waals surface area contributed by atoms with Crippen molar-refractivity contribution in [2.24, 2.45) is 0 Å². The van der Waals surface area contributed by atoms with Crippen molar-refractivity contribution in [2.75, 3.05) is 0 Å². The molecule has 0 radical (unpaired) electrons. The smallest absolute Gasteiger partial charge is 0.258 e. The first-order valence-electron chi connectivity index (χ1n) is 6.58. The summed E-state index contributed by atoms with van der Waals surface area (Å²) in [7, 11) is 0. The topological polar surface area (TPSA) is 75.6 Å². The molecule has 0 fully saturated rings. The van der Waals surface area contributed by atoms with Crippen LogP contribution in [0.4, 0.5) is 0 Å². The zero-order chi connectivity index (χ0) is 14.5. The molecule has 0 spiro atoms. The van der Waals surface area contributed by atoms with Gasteiger partial charge in [0.05, 0.1) is 0 Å². The van der Waals surface area contributed by atoms with E-state index in [-0.39, 0.29) is 0 Å². The molecule has 0 saturated carbocycles. The third kappa shape index (κ3) is 3.12. The average molecular weight is 276 g/mol. The quantitative estimate of drug-likeness (QED) is 0.732. The SMILES string of the molecule is N#Cc1cc(-c2nc(CCc3ccccc3)no2)ccn1. The van der Waals surface area contributed by atoms with E-state index in [1.165, 1.54) is 5.56 Å². The van der Waals surface area contributed by atoms with Crippen molar-refractivity contribution in [2.45, 2.75) is 12.8 Å². The van der Waals surface area contributed by atoms with Crippen molar-refractivity contribution < 1.29 is 4.52 Å². The fraction of sp³-hybridized carbons (Fsp3) is 0.125. The van der Waals surface area contributed by atoms with Crippen molar-refractivity contribution in [1.82, 2.24) is 15.1 Å². The second-order valence-electron chi connectivity index (χ2n) is 4.54. The molecule has 1 aromatic carbocycles. The van der Waals surface area contributed by atoms with Crippen LogP contribution in [-0.4, -0.2) is 15.1 Å². The minimum absolute atomic E-state index is 0.330. The van der Waals surface area contributed by atoms with Crippen LogP contribution in [0, 0.1) is 11.3 Å². The highest BCUT2D eigenvalue weighted by atomic mass is 16.5. The van der Waals surface area contributed by atoms with Gasteiger partial charge in [-0.15, -0.1) is 0 Å². The summed E-state index contributed by atoms with van der Waals surface area (Å²) in [5, 5.41) is 12.8. The number of hydrogen-bond acceptors (Lipinski definition) is 5. The Morgan fingerprint density at radius 3 is 2.76 bits per heavy atom. The van der Waals surface area contributed by atoms with Crippen LogP contribution in [0.25, 0.3) is 11.5 Å².